The average molecular weight is 371 g/mol. The SMILES string of the molecule is COc1cccc2c1OC[C@@]1(C(=O)O)CN(C(=O)c3cc(C)oc3C)C[C@@H]21. The molecule has 2 atom stereocenters. The Hall–Kier alpha value is -2.96. The second-order valence-electron chi connectivity index (χ2n) is 7.19. The van der Waals surface area contributed by atoms with Crippen LogP contribution < -0.4 is 9.47 Å². The number of carbonyl (C=O) groups is 2. The molecular formula is C20H21NO6. The number of rotatable bonds is 3. The molecule has 0 aliphatic carbocycles. The summed E-state index contributed by atoms with van der Waals surface area (Å²) in [7, 11) is 1.55. The van der Waals surface area contributed by atoms with Gasteiger partial charge in [-0.3, -0.25) is 9.59 Å². The highest BCUT2D eigenvalue weighted by Crippen LogP contribution is 2.52. The Labute approximate surface area is 156 Å². The van der Waals surface area contributed by atoms with Crippen molar-refractivity contribution >= 4 is 11.9 Å². The zero-order valence-electron chi connectivity index (χ0n) is 15.4. The van der Waals surface area contributed by atoms with Gasteiger partial charge in [0.15, 0.2) is 11.5 Å². The number of benzene rings is 1. The third-order valence-corrected chi connectivity index (χ3v) is 5.61. The molecule has 142 valence electrons. The summed E-state index contributed by atoms with van der Waals surface area (Å²) in [5.74, 6) is 0.768. The van der Waals surface area contributed by atoms with Crippen LogP contribution in [-0.4, -0.2) is 48.7 Å². The first-order valence-corrected chi connectivity index (χ1v) is 8.77. The van der Waals surface area contributed by atoms with Gasteiger partial charge in [0.05, 0.1) is 12.7 Å². The van der Waals surface area contributed by atoms with E-state index in [9.17, 15) is 14.7 Å². The highest BCUT2D eigenvalue weighted by atomic mass is 16.5. The molecule has 7 heteroatoms. The van der Waals surface area contributed by atoms with Gasteiger partial charge in [-0.05, 0) is 26.0 Å². The quantitative estimate of drug-likeness (QED) is 0.892. The molecule has 0 bridgehead atoms. The first-order chi connectivity index (χ1) is 12.9. The van der Waals surface area contributed by atoms with E-state index in [1.54, 1.807) is 38.0 Å². The lowest BCUT2D eigenvalue weighted by Crippen LogP contribution is -2.46. The van der Waals surface area contributed by atoms with Crippen LogP contribution in [0.2, 0.25) is 0 Å². The first-order valence-electron chi connectivity index (χ1n) is 8.77. The lowest BCUT2D eigenvalue weighted by atomic mass is 9.73. The molecule has 1 aromatic carbocycles. The Morgan fingerprint density at radius 1 is 1.33 bits per heavy atom. The predicted molar refractivity (Wildman–Crippen MR) is 95.4 cm³/mol. The highest BCUT2D eigenvalue weighted by Gasteiger charge is 2.58. The molecule has 0 unspecified atom stereocenters. The fraction of sp³-hybridized carbons (Fsp3) is 0.400. The number of ether oxygens (including phenoxy) is 2. The Kier molecular flexibility index (Phi) is 3.91. The largest absolute Gasteiger partial charge is 0.493 e. The average Bonchev–Trinajstić information content (AvgIpc) is 3.21. The van der Waals surface area contributed by atoms with Gasteiger partial charge in [0.25, 0.3) is 5.91 Å². The molecule has 2 aliphatic rings. The van der Waals surface area contributed by atoms with Gasteiger partial charge in [0.1, 0.15) is 23.5 Å². The molecule has 0 saturated carbocycles. The number of methoxy groups -OCH3 is 1. The van der Waals surface area contributed by atoms with Gasteiger partial charge in [-0.1, -0.05) is 12.1 Å². The van der Waals surface area contributed by atoms with Gasteiger partial charge in [-0.15, -0.1) is 0 Å². The van der Waals surface area contributed by atoms with E-state index in [1.165, 1.54) is 0 Å². The molecule has 1 fully saturated rings. The summed E-state index contributed by atoms with van der Waals surface area (Å²) >= 11 is 0. The minimum absolute atomic E-state index is 0.00640. The number of likely N-dealkylation sites (tertiary alicyclic amines) is 1. The molecule has 0 spiro atoms. The Balaban J connectivity index is 1.74. The van der Waals surface area contributed by atoms with Gasteiger partial charge in [0, 0.05) is 24.6 Å². The number of nitrogens with zero attached hydrogens (tertiary/aromatic N) is 1. The van der Waals surface area contributed by atoms with Gasteiger partial charge < -0.3 is 23.9 Å². The number of carbonyl (C=O) groups excluding carboxylic acids is 1. The number of hydrogen-bond donors (Lipinski definition) is 1. The molecule has 4 rings (SSSR count). The number of hydrogen-bond acceptors (Lipinski definition) is 5. The minimum atomic E-state index is -1.18. The zero-order chi connectivity index (χ0) is 19.3. The predicted octanol–water partition coefficient (Wildman–Crippen LogP) is 2.61. The van der Waals surface area contributed by atoms with E-state index >= 15 is 0 Å². The third-order valence-electron chi connectivity index (χ3n) is 5.61. The number of aliphatic carboxylic acids is 1. The molecular weight excluding hydrogens is 350 g/mol. The summed E-state index contributed by atoms with van der Waals surface area (Å²) in [6.07, 6.45) is 0. The summed E-state index contributed by atoms with van der Waals surface area (Å²) in [6.45, 7) is 3.90. The minimum Gasteiger partial charge on any atom is -0.493 e. The fourth-order valence-electron chi connectivity index (χ4n) is 4.22. The van der Waals surface area contributed by atoms with Gasteiger partial charge >= 0.3 is 5.97 Å². The summed E-state index contributed by atoms with van der Waals surface area (Å²) < 4.78 is 16.6. The van der Waals surface area contributed by atoms with E-state index in [1.807, 2.05) is 12.1 Å². The number of furan rings is 1. The topological polar surface area (TPSA) is 89.2 Å². The fourth-order valence-corrected chi connectivity index (χ4v) is 4.22. The number of aryl methyl sites for hydroxylation is 2. The second kappa shape index (κ2) is 6.04. The van der Waals surface area contributed by atoms with Crippen molar-refractivity contribution in [3.63, 3.8) is 0 Å². The van der Waals surface area contributed by atoms with E-state index in [-0.39, 0.29) is 25.0 Å². The van der Waals surface area contributed by atoms with Crippen LogP contribution in [0.5, 0.6) is 11.5 Å². The van der Waals surface area contributed by atoms with Crippen LogP contribution in [0.15, 0.2) is 28.7 Å². The maximum Gasteiger partial charge on any atom is 0.315 e. The Bertz CT molecular complexity index is 933. The molecule has 7 nitrogen and oxygen atoms in total. The molecule has 1 saturated heterocycles. The van der Waals surface area contributed by atoms with Crippen LogP contribution in [0.1, 0.15) is 33.4 Å². The molecule has 2 aliphatic heterocycles. The van der Waals surface area contributed by atoms with Crippen molar-refractivity contribution in [2.75, 3.05) is 26.8 Å². The number of para-hydroxylation sites is 1. The van der Waals surface area contributed by atoms with Crippen LogP contribution in [0.4, 0.5) is 0 Å². The molecule has 3 heterocycles. The Morgan fingerprint density at radius 2 is 2.11 bits per heavy atom. The van der Waals surface area contributed by atoms with Crippen LogP contribution in [0.25, 0.3) is 0 Å². The standard InChI is InChI=1S/C20H21NO6/c1-11-7-14(12(2)27-11)18(22)21-8-15-13-5-4-6-16(25-3)17(13)26-10-20(15,9-21)19(23)24/h4-7,15H,8-10H2,1-3H3,(H,23,24)/t15-,20-/m0/s1. The lowest BCUT2D eigenvalue weighted by Gasteiger charge is -2.36. The van der Waals surface area contributed by atoms with Crippen molar-refractivity contribution in [3.05, 3.63) is 46.9 Å². The van der Waals surface area contributed by atoms with Crippen molar-refractivity contribution in [1.82, 2.24) is 4.90 Å². The Morgan fingerprint density at radius 3 is 2.74 bits per heavy atom. The summed E-state index contributed by atoms with van der Waals surface area (Å²) in [4.78, 5) is 26.9. The van der Waals surface area contributed by atoms with Crippen molar-refractivity contribution in [2.45, 2.75) is 19.8 Å². The summed E-state index contributed by atoms with van der Waals surface area (Å²) in [5, 5.41) is 10.0. The maximum atomic E-state index is 13.0. The van der Waals surface area contributed by atoms with E-state index in [4.69, 9.17) is 13.9 Å². The molecule has 2 aromatic rings. The van der Waals surface area contributed by atoms with Gasteiger partial charge in [-0.25, -0.2) is 0 Å². The molecule has 1 aromatic heterocycles. The molecule has 27 heavy (non-hydrogen) atoms. The smallest absolute Gasteiger partial charge is 0.315 e. The van der Waals surface area contributed by atoms with Gasteiger partial charge in [-0.2, -0.15) is 0 Å². The molecule has 0 radical (unpaired) electrons. The lowest BCUT2D eigenvalue weighted by molar-refractivity contribution is -0.151. The monoisotopic (exact) mass is 371 g/mol. The van der Waals surface area contributed by atoms with E-state index in [2.05, 4.69) is 0 Å². The van der Waals surface area contributed by atoms with Gasteiger partial charge in [0.2, 0.25) is 0 Å². The van der Waals surface area contributed by atoms with E-state index in [0.29, 0.717) is 35.1 Å². The normalized spacial score (nSPS) is 23.4. The van der Waals surface area contributed by atoms with Crippen LogP contribution in [-0.2, 0) is 4.79 Å². The molecule has 1 amide bonds. The van der Waals surface area contributed by atoms with Crippen molar-refractivity contribution in [1.29, 1.82) is 0 Å². The highest BCUT2D eigenvalue weighted by molar-refractivity contribution is 5.96. The van der Waals surface area contributed by atoms with Crippen molar-refractivity contribution < 1.29 is 28.6 Å². The maximum absolute atomic E-state index is 13.0. The summed E-state index contributed by atoms with van der Waals surface area (Å²) in [5.41, 5.74) is 0.0543. The third kappa shape index (κ3) is 2.49. The molecule has 1 N–H and O–H groups in total. The van der Waals surface area contributed by atoms with Crippen LogP contribution in [0.3, 0.4) is 0 Å². The number of amides is 1. The number of fused-ring (bicyclic) bond motifs is 3. The van der Waals surface area contributed by atoms with Crippen LogP contribution >= 0.6 is 0 Å². The van der Waals surface area contributed by atoms with E-state index in [0.717, 1.165) is 5.56 Å². The number of carboxylic acid groups (broad SMARTS) is 1. The van der Waals surface area contributed by atoms with Crippen molar-refractivity contribution in [3.8, 4) is 11.5 Å². The second-order valence-corrected chi connectivity index (χ2v) is 7.19. The zero-order valence-corrected chi connectivity index (χ0v) is 15.4. The summed E-state index contributed by atoms with van der Waals surface area (Å²) in [6, 6.07) is 7.14. The number of carboxylic acids is 1. The van der Waals surface area contributed by atoms with Crippen LogP contribution in [0, 0.1) is 19.3 Å². The van der Waals surface area contributed by atoms with Crippen molar-refractivity contribution in [2.24, 2.45) is 5.41 Å². The van der Waals surface area contributed by atoms with E-state index < -0.39 is 11.4 Å². The first kappa shape index (κ1) is 17.5.